The van der Waals surface area contributed by atoms with Gasteiger partial charge in [0.15, 0.2) is 11.4 Å². The molecule has 0 fully saturated rings. The third-order valence-corrected chi connectivity index (χ3v) is 4.89. The molecule has 22 heavy (non-hydrogen) atoms. The summed E-state index contributed by atoms with van der Waals surface area (Å²) in [5, 5.41) is 18.0. The van der Waals surface area contributed by atoms with E-state index in [4.69, 9.17) is 10.5 Å². The van der Waals surface area contributed by atoms with Crippen LogP contribution < -0.4 is 0 Å². The number of sulfonamides is 1. The first-order chi connectivity index (χ1) is 10.4. The first-order valence-electron chi connectivity index (χ1n) is 6.27. The highest BCUT2D eigenvalue weighted by molar-refractivity contribution is 7.89. The Morgan fingerprint density at radius 2 is 2.00 bits per heavy atom. The lowest BCUT2D eigenvalue weighted by atomic mass is 10.2. The summed E-state index contributed by atoms with van der Waals surface area (Å²) in [5.41, 5.74) is 0.907. The van der Waals surface area contributed by atoms with E-state index in [9.17, 15) is 8.42 Å². The lowest BCUT2D eigenvalue weighted by molar-refractivity contribution is 0.520. The first kappa shape index (κ1) is 15.7. The highest BCUT2D eigenvalue weighted by Gasteiger charge is 2.17. The molecule has 1 heterocycles. The van der Waals surface area contributed by atoms with Crippen molar-refractivity contribution in [3.8, 4) is 12.1 Å². The normalized spacial score (nSPS) is 11.1. The molecule has 7 nitrogen and oxygen atoms in total. The molecule has 0 saturated carbocycles. The second-order valence-electron chi connectivity index (χ2n) is 4.73. The van der Waals surface area contributed by atoms with Gasteiger partial charge in [-0.3, -0.25) is 0 Å². The van der Waals surface area contributed by atoms with E-state index in [1.807, 2.05) is 12.1 Å². The van der Waals surface area contributed by atoms with E-state index in [-0.39, 0.29) is 22.8 Å². The molecule has 0 aliphatic heterocycles. The summed E-state index contributed by atoms with van der Waals surface area (Å²) >= 11 is 0. The van der Waals surface area contributed by atoms with Gasteiger partial charge in [-0.25, -0.2) is 17.7 Å². The van der Waals surface area contributed by atoms with Crippen molar-refractivity contribution in [2.75, 3.05) is 14.1 Å². The Labute approximate surface area is 128 Å². The summed E-state index contributed by atoms with van der Waals surface area (Å²) < 4.78 is 26.9. The molecule has 0 aliphatic rings. The van der Waals surface area contributed by atoms with Crippen molar-refractivity contribution in [2.45, 2.75) is 11.4 Å². The fourth-order valence-corrected chi connectivity index (χ4v) is 2.89. The molecular formula is C14H13N5O2S. The Morgan fingerprint density at radius 3 is 2.59 bits per heavy atom. The summed E-state index contributed by atoms with van der Waals surface area (Å²) in [6.45, 7) is 0.258. The van der Waals surface area contributed by atoms with Crippen LogP contribution >= 0.6 is 0 Å². The highest BCUT2D eigenvalue weighted by Crippen LogP contribution is 2.16. The van der Waals surface area contributed by atoms with Gasteiger partial charge in [-0.05, 0) is 17.7 Å². The minimum absolute atomic E-state index is 0.0552. The molecule has 0 unspecified atom stereocenters. The number of benzene rings is 1. The third-order valence-electron chi connectivity index (χ3n) is 3.08. The van der Waals surface area contributed by atoms with Crippen molar-refractivity contribution in [3.63, 3.8) is 0 Å². The van der Waals surface area contributed by atoms with Crippen LogP contribution in [0.3, 0.4) is 0 Å². The van der Waals surface area contributed by atoms with Crippen LogP contribution in [0.25, 0.3) is 0 Å². The fourth-order valence-electron chi connectivity index (χ4n) is 1.91. The molecule has 0 amide bonds. The van der Waals surface area contributed by atoms with Crippen LogP contribution in [0, 0.1) is 22.7 Å². The molecule has 0 radical (unpaired) electrons. The van der Waals surface area contributed by atoms with E-state index in [2.05, 4.69) is 4.98 Å². The zero-order chi connectivity index (χ0) is 16.3. The molecule has 2 rings (SSSR count). The zero-order valence-corrected chi connectivity index (χ0v) is 12.9. The minimum Gasteiger partial charge on any atom is -0.317 e. The number of nitriles is 2. The predicted molar refractivity (Wildman–Crippen MR) is 78.1 cm³/mol. The number of rotatable bonds is 4. The van der Waals surface area contributed by atoms with Gasteiger partial charge in [0.1, 0.15) is 12.1 Å². The van der Waals surface area contributed by atoms with Crippen LogP contribution in [-0.4, -0.2) is 36.4 Å². The molecular weight excluding hydrogens is 302 g/mol. The number of nitrogens with zero attached hydrogens (tertiary/aromatic N) is 5. The Balaban J connectivity index is 2.39. The second kappa shape index (κ2) is 5.98. The Hall–Kier alpha value is -2.68. The second-order valence-corrected chi connectivity index (χ2v) is 6.88. The predicted octanol–water partition coefficient (Wildman–Crippen LogP) is 0.925. The third kappa shape index (κ3) is 2.84. The van der Waals surface area contributed by atoms with Gasteiger partial charge in [0, 0.05) is 20.6 Å². The van der Waals surface area contributed by atoms with Gasteiger partial charge in [0.2, 0.25) is 10.0 Å². The zero-order valence-electron chi connectivity index (χ0n) is 12.1. The molecule has 8 heteroatoms. The molecule has 1 aromatic carbocycles. The van der Waals surface area contributed by atoms with Crippen molar-refractivity contribution in [3.05, 3.63) is 47.5 Å². The molecule has 112 valence electrons. The lowest BCUT2D eigenvalue weighted by Crippen LogP contribution is -2.22. The minimum atomic E-state index is -3.52. The van der Waals surface area contributed by atoms with Crippen LogP contribution in [0.5, 0.6) is 0 Å². The number of hydrogen-bond acceptors (Lipinski definition) is 5. The Kier molecular flexibility index (Phi) is 4.27. The van der Waals surface area contributed by atoms with Gasteiger partial charge in [-0.2, -0.15) is 10.5 Å². The molecule has 0 atom stereocenters. The lowest BCUT2D eigenvalue weighted by Gasteiger charge is -2.12. The monoisotopic (exact) mass is 315 g/mol. The summed E-state index contributed by atoms with van der Waals surface area (Å²) in [5.74, 6) is 0. The van der Waals surface area contributed by atoms with Crippen molar-refractivity contribution in [1.29, 1.82) is 10.5 Å². The SMILES string of the molecule is CN(C)S(=O)(=O)c1cccc(Cn2cnc(C#N)c2C#N)c1. The first-order valence-corrected chi connectivity index (χ1v) is 7.71. The molecule has 2 aromatic rings. The highest BCUT2D eigenvalue weighted by atomic mass is 32.2. The standard InChI is InChI=1S/C14H13N5O2S/c1-18(2)22(20,21)12-5-3-4-11(6-12)9-19-10-17-13(7-15)14(19)8-16/h3-6,10H,9H2,1-2H3. The van der Waals surface area contributed by atoms with Crippen molar-refractivity contribution in [2.24, 2.45) is 0 Å². The maximum Gasteiger partial charge on any atom is 0.242 e. The van der Waals surface area contributed by atoms with Gasteiger partial charge in [0.25, 0.3) is 0 Å². The van der Waals surface area contributed by atoms with Gasteiger partial charge in [0.05, 0.1) is 11.2 Å². The summed E-state index contributed by atoms with van der Waals surface area (Å²) in [4.78, 5) is 4.03. The molecule has 0 saturated heterocycles. The smallest absolute Gasteiger partial charge is 0.242 e. The van der Waals surface area contributed by atoms with Crippen molar-refractivity contribution in [1.82, 2.24) is 13.9 Å². The van der Waals surface area contributed by atoms with Crippen LogP contribution in [0.2, 0.25) is 0 Å². The Morgan fingerprint density at radius 1 is 1.27 bits per heavy atom. The number of hydrogen-bond donors (Lipinski definition) is 0. The van der Waals surface area contributed by atoms with E-state index in [0.29, 0.717) is 5.56 Å². The Bertz CT molecular complexity index is 885. The van der Waals surface area contributed by atoms with E-state index >= 15 is 0 Å². The maximum absolute atomic E-state index is 12.1. The van der Waals surface area contributed by atoms with Crippen LogP contribution in [0.15, 0.2) is 35.5 Å². The molecule has 1 aromatic heterocycles. The van der Waals surface area contributed by atoms with E-state index < -0.39 is 10.0 Å². The van der Waals surface area contributed by atoms with E-state index in [1.165, 1.54) is 31.1 Å². The molecule has 0 bridgehead atoms. The number of imidazole rings is 1. The van der Waals surface area contributed by atoms with Crippen LogP contribution in [0.4, 0.5) is 0 Å². The van der Waals surface area contributed by atoms with Crippen molar-refractivity contribution < 1.29 is 8.42 Å². The average Bonchev–Trinajstić information content (AvgIpc) is 2.89. The molecule has 0 spiro atoms. The molecule has 0 N–H and O–H groups in total. The summed E-state index contributed by atoms with van der Waals surface area (Å²) in [7, 11) is -0.589. The fraction of sp³-hybridized carbons (Fsp3) is 0.214. The van der Waals surface area contributed by atoms with Crippen molar-refractivity contribution >= 4 is 10.0 Å². The van der Waals surface area contributed by atoms with Gasteiger partial charge >= 0.3 is 0 Å². The summed E-state index contributed by atoms with van der Waals surface area (Å²) in [6.07, 6.45) is 1.39. The largest absolute Gasteiger partial charge is 0.317 e. The maximum atomic E-state index is 12.1. The number of aromatic nitrogens is 2. The molecule has 0 aliphatic carbocycles. The quantitative estimate of drug-likeness (QED) is 0.835. The van der Waals surface area contributed by atoms with Gasteiger partial charge in [-0.15, -0.1) is 0 Å². The van der Waals surface area contributed by atoms with E-state index in [0.717, 1.165) is 4.31 Å². The van der Waals surface area contributed by atoms with Gasteiger partial charge in [-0.1, -0.05) is 12.1 Å². The van der Waals surface area contributed by atoms with Crippen LogP contribution in [0.1, 0.15) is 17.0 Å². The van der Waals surface area contributed by atoms with Crippen LogP contribution in [-0.2, 0) is 16.6 Å². The average molecular weight is 315 g/mol. The topological polar surface area (TPSA) is 103 Å². The van der Waals surface area contributed by atoms with Gasteiger partial charge < -0.3 is 4.57 Å². The summed E-state index contributed by atoms with van der Waals surface area (Å²) in [6, 6.07) is 10.2. The van der Waals surface area contributed by atoms with E-state index in [1.54, 1.807) is 18.2 Å².